The Bertz CT molecular complexity index is 790. The largest absolute Gasteiger partial charge is 0.494 e. The van der Waals surface area contributed by atoms with E-state index in [0.717, 1.165) is 5.56 Å². The first kappa shape index (κ1) is 19.6. The lowest BCUT2D eigenvalue weighted by Gasteiger charge is -2.24. The molecule has 0 unspecified atom stereocenters. The number of likely N-dealkylation sites (N-methyl/N-ethyl adjacent to an activating group) is 1. The highest BCUT2D eigenvalue weighted by molar-refractivity contribution is 5.96. The second-order valence-electron chi connectivity index (χ2n) is 6.18. The molecule has 0 spiro atoms. The Hall–Kier alpha value is -2.73. The predicted octanol–water partition coefficient (Wildman–Crippen LogP) is 3.50. The van der Waals surface area contributed by atoms with Crippen molar-refractivity contribution in [2.75, 3.05) is 19.5 Å². The molecule has 0 saturated carbocycles. The fraction of sp³-hybridized carbons (Fsp3) is 0.300. The summed E-state index contributed by atoms with van der Waals surface area (Å²) in [5.41, 5.74) is 1.96. The van der Waals surface area contributed by atoms with Crippen LogP contribution >= 0.6 is 0 Å². The summed E-state index contributed by atoms with van der Waals surface area (Å²) in [6.45, 7) is 3.69. The van der Waals surface area contributed by atoms with Crippen LogP contribution < -0.4 is 10.1 Å². The number of ketones is 1. The highest BCUT2D eigenvalue weighted by Gasteiger charge is 2.19. The predicted molar refractivity (Wildman–Crippen MR) is 99.0 cm³/mol. The van der Waals surface area contributed by atoms with E-state index in [0.29, 0.717) is 17.8 Å². The summed E-state index contributed by atoms with van der Waals surface area (Å²) in [6.07, 6.45) is 0. The van der Waals surface area contributed by atoms with Crippen LogP contribution in [0.4, 0.5) is 10.1 Å². The monoisotopic (exact) mass is 358 g/mol. The Morgan fingerprint density at radius 3 is 2.38 bits per heavy atom. The number of carbonyl (C=O) groups is 2. The minimum atomic E-state index is -0.430. The van der Waals surface area contributed by atoms with Gasteiger partial charge in [-0.1, -0.05) is 6.07 Å². The number of hydrogen-bond donors (Lipinski definition) is 1. The second kappa shape index (κ2) is 8.58. The van der Waals surface area contributed by atoms with E-state index in [-0.39, 0.29) is 17.4 Å². The van der Waals surface area contributed by atoms with Gasteiger partial charge in [-0.15, -0.1) is 0 Å². The molecule has 138 valence electrons. The summed E-state index contributed by atoms with van der Waals surface area (Å²) >= 11 is 0. The number of hydrogen-bond acceptors (Lipinski definition) is 4. The number of nitrogens with zero attached hydrogens (tertiary/aromatic N) is 1. The Kier molecular flexibility index (Phi) is 6.46. The van der Waals surface area contributed by atoms with Crippen LogP contribution in [0.5, 0.6) is 5.75 Å². The van der Waals surface area contributed by atoms with Crippen LogP contribution in [0, 0.1) is 5.82 Å². The third kappa shape index (κ3) is 4.89. The van der Waals surface area contributed by atoms with Crippen molar-refractivity contribution in [3.8, 4) is 5.75 Å². The molecule has 1 atom stereocenters. The minimum absolute atomic E-state index is 0.0253. The van der Waals surface area contributed by atoms with Crippen molar-refractivity contribution in [3.05, 3.63) is 59.4 Å². The van der Waals surface area contributed by atoms with E-state index in [4.69, 9.17) is 4.74 Å². The summed E-state index contributed by atoms with van der Waals surface area (Å²) in [5, 5.41) is 2.82. The zero-order valence-electron chi connectivity index (χ0n) is 15.4. The molecule has 0 aliphatic heterocycles. The summed E-state index contributed by atoms with van der Waals surface area (Å²) in [4.78, 5) is 25.5. The normalized spacial score (nSPS) is 11.9. The number of nitrogens with one attached hydrogen (secondary N) is 1. The maximum Gasteiger partial charge on any atom is 0.241 e. The molecule has 0 heterocycles. The average molecular weight is 358 g/mol. The number of carbonyl (C=O) groups excluding carboxylic acids is 2. The molecule has 2 aromatic rings. The molecular weight excluding hydrogens is 335 g/mol. The molecule has 0 aliphatic rings. The molecule has 0 fully saturated rings. The molecule has 0 saturated heterocycles. The maximum absolute atomic E-state index is 13.8. The second-order valence-corrected chi connectivity index (χ2v) is 6.18. The SMILES string of the molecule is COc1ccc(CN(C)[C@H](C)C(=O)Nc2ccc(C(C)=O)cc2)cc1F. The van der Waals surface area contributed by atoms with Gasteiger partial charge in [0.25, 0.3) is 0 Å². The first-order chi connectivity index (χ1) is 12.3. The number of Topliss-reactive ketones (excluding diaryl/α,β-unsaturated/α-hetero) is 1. The van der Waals surface area contributed by atoms with Gasteiger partial charge < -0.3 is 10.1 Å². The van der Waals surface area contributed by atoms with Gasteiger partial charge in [-0.3, -0.25) is 14.5 Å². The fourth-order valence-electron chi connectivity index (χ4n) is 2.47. The Morgan fingerprint density at radius 2 is 1.85 bits per heavy atom. The first-order valence-electron chi connectivity index (χ1n) is 8.26. The van der Waals surface area contributed by atoms with E-state index in [2.05, 4.69) is 5.32 Å². The van der Waals surface area contributed by atoms with E-state index in [1.165, 1.54) is 20.1 Å². The zero-order chi connectivity index (χ0) is 19.3. The topological polar surface area (TPSA) is 58.6 Å². The quantitative estimate of drug-likeness (QED) is 0.770. The molecular formula is C20H23FN2O3. The van der Waals surface area contributed by atoms with Gasteiger partial charge >= 0.3 is 0 Å². The maximum atomic E-state index is 13.8. The van der Waals surface area contributed by atoms with E-state index in [1.807, 2.05) is 4.90 Å². The highest BCUT2D eigenvalue weighted by atomic mass is 19.1. The van der Waals surface area contributed by atoms with Crippen molar-refractivity contribution in [2.24, 2.45) is 0 Å². The number of rotatable bonds is 7. The van der Waals surface area contributed by atoms with Crippen molar-refractivity contribution in [2.45, 2.75) is 26.4 Å². The number of anilines is 1. The van der Waals surface area contributed by atoms with Gasteiger partial charge in [-0.2, -0.15) is 0 Å². The van der Waals surface area contributed by atoms with Crippen molar-refractivity contribution < 1.29 is 18.7 Å². The molecule has 0 aromatic heterocycles. The lowest BCUT2D eigenvalue weighted by atomic mass is 10.1. The molecule has 1 N–H and O–H groups in total. The molecule has 2 aromatic carbocycles. The van der Waals surface area contributed by atoms with Gasteiger partial charge in [-0.05, 0) is 62.9 Å². The summed E-state index contributed by atoms with van der Waals surface area (Å²) in [5.74, 6) is -0.447. The van der Waals surface area contributed by atoms with Crippen molar-refractivity contribution >= 4 is 17.4 Å². The van der Waals surface area contributed by atoms with Crippen molar-refractivity contribution in [1.29, 1.82) is 0 Å². The first-order valence-corrected chi connectivity index (χ1v) is 8.26. The molecule has 0 radical (unpaired) electrons. The molecule has 0 bridgehead atoms. The molecule has 26 heavy (non-hydrogen) atoms. The van der Waals surface area contributed by atoms with Gasteiger partial charge in [0.15, 0.2) is 17.3 Å². The summed E-state index contributed by atoms with van der Waals surface area (Å²) in [7, 11) is 3.21. The molecule has 1 amide bonds. The van der Waals surface area contributed by atoms with Gasteiger partial charge in [0, 0.05) is 17.8 Å². The van der Waals surface area contributed by atoms with Crippen LogP contribution in [0.25, 0.3) is 0 Å². The van der Waals surface area contributed by atoms with Crippen LogP contribution in [0.15, 0.2) is 42.5 Å². The van der Waals surface area contributed by atoms with Crippen LogP contribution in [-0.2, 0) is 11.3 Å². The molecule has 2 rings (SSSR count). The van der Waals surface area contributed by atoms with Crippen LogP contribution in [0.3, 0.4) is 0 Å². The Labute approximate surface area is 152 Å². The lowest BCUT2D eigenvalue weighted by Crippen LogP contribution is -2.39. The van der Waals surface area contributed by atoms with Crippen molar-refractivity contribution in [1.82, 2.24) is 4.90 Å². The minimum Gasteiger partial charge on any atom is -0.494 e. The van der Waals surface area contributed by atoms with E-state index in [1.54, 1.807) is 50.4 Å². The van der Waals surface area contributed by atoms with Gasteiger partial charge in [-0.25, -0.2) is 4.39 Å². The van der Waals surface area contributed by atoms with E-state index >= 15 is 0 Å². The van der Waals surface area contributed by atoms with Crippen LogP contribution in [0.2, 0.25) is 0 Å². The standard InChI is InChI=1S/C20H23FN2O3/c1-13(20(25)22-17-8-6-16(7-9-17)14(2)24)23(3)12-15-5-10-19(26-4)18(21)11-15/h5-11,13H,12H2,1-4H3,(H,22,25)/t13-/m1/s1. The number of benzene rings is 2. The number of ether oxygens (including phenoxy) is 1. The smallest absolute Gasteiger partial charge is 0.241 e. The Morgan fingerprint density at radius 1 is 1.19 bits per heavy atom. The summed E-state index contributed by atoms with van der Waals surface area (Å²) in [6, 6.07) is 11.1. The lowest BCUT2D eigenvalue weighted by molar-refractivity contribution is -0.120. The van der Waals surface area contributed by atoms with Gasteiger partial charge in [0.05, 0.1) is 13.2 Å². The number of methoxy groups -OCH3 is 1. The third-order valence-corrected chi connectivity index (χ3v) is 4.25. The highest BCUT2D eigenvalue weighted by Crippen LogP contribution is 2.19. The van der Waals surface area contributed by atoms with E-state index < -0.39 is 11.9 Å². The van der Waals surface area contributed by atoms with Gasteiger partial charge in [0.1, 0.15) is 0 Å². The van der Waals surface area contributed by atoms with Crippen LogP contribution in [-0.4, -0.2) is 36.8 Å². The molecule has 0 aliphatic carbocycles. The van der Waals surface area contributed by atoms with E-state index in [9.17, 15) is 14.0 Å². The average Bonchev–Trinajstić information content (AvgIpc) is 2.61. The zero-order valence-corrected chi connectivity index (χ0v) is 15.4. The Balaban J connectivity index is 1.98. The molecule has 6 heteroatoms. The van der Waals surface area contributed by atoms with Crippen LogP contribution in [0.1, 0.15) is 29.8 Å². The number of amides is 1. The third-order valence-electron chi connectivity index (χ3n) is 4.25. The van der Waals surface area contributed by atoms with Crippen molar-refractivity contribution in [3.63, 3.8) is 0 Å². The van der Waals surface area contributed by atoms with Gasteiger partial charge in [0.2, 0.25) is 5.91 Å². The summed E-state index contributed by atoms with van der Waals surface area (Å²) < 4.78 is 18.7. The molecule has 5 nitrogen and oxygen atoms in total. The number of halogens is 1. The fourth-order valence-corrected chi connectivity index (χ4v) is 2.47.